The Morgan fingerprint density at radius 2 is 1.94 bits per heavy atom. The number of aromatic amines is 1. The van der Waals surface area contributed by atoms with E-state index in [1.165, 1.54) is 0 Å². The van der Waals surface area contributed by atoms with Gasteiger partial charge in [-0.2, -0.15) is 5.10 Å². The van der Waals surface area contributed by atoms with Gasteiger partial charge < -0.3 is 4.43 Å². The first-order chi connectivity index (χ1) is 7.79. The molecule has 0 aliphatic carbocycles. The van der Waals surface area contributed by atoms with Crippen LogP contribution in [0.4, 0.5) is 0 Å². The molecule has 0 aliphatic rings. The summed E-state index contributed by atoms with van der Waals surface area (Å²) in [7, 11) is -1.75. The largest absolute Gasteiger partial charge is 0.543 e. The molecule has 0 bridgehead atoms. The van der Waals surface area contributed by atoms with E-state index in [0.717, 1.165) is 16.7 Å². The molecule has 3 nitrogen and oxygen atoms in total. The van der Waals surface area contributed by atoms with E-state index in [4.69, 9.17) is 4.43 Å². The van der Waals surface area contributed by atoms with Crippen LogP contribution in [-0.4, -0.2) is 18.5 Å². The molecule has 2 rings (SSSR count). The third-order valence-electron chi connectivity index (χ3n) is 3.59. The van der Waals surface area contributed by atoms with E-state index in [0.29, 0.717) is 0 Å². The minimum Gasteiger partial charge on any atom is -0.543 e. The van der Waals surface area contributed by atoms with E-state index >= 15 is 0 Å². The fourth-order valence-corrected chi connectivity index (χ4v) is 2.45. The standard InChI is InChI=1S/C13H20N2OSi/c1-13(2,3)17(4,5)16-11-7-6-10-9-14-15-12(10)8-11/h6-9H,1-5H3,(H,14,15). The van der Waals surface area contributed by atoms with Crippen molar-refractivity contribution >= 4 is 19.2 Å². The highest BCUT2D eigenvalue weighted by molar-refractivity contribution is 6.74. The number of fused-ring (bicyclic) bond motifs is 1. The molecule has 0 fully saturated rings. The Labute approximate surface area is 103 Å². The minimum atomic E-state index is -1.75. The van der Waals surface area contributed by atoms with Crippen molar-refractivity contribution in [2.75, 3.05) is 0 Å². The maximum Gasteiger partial charge on any atom is 0.250 e. The van der Waals surface area contributed by atoms with Crippen molar-refractivity contribution in [1.29, 1.82) is 0 Å². The topological polar surface area (TPSA) is 37.9 Å². The first kappa shape index (κ1) is 12.2. The van der Waals surface area contributed by atoms with E-state index < -0.39 is 8.32 Å². The van der Waals surface area contributed by atoms with Crippen molar-refractivity contribution in [2.24, 2.45) is 0 Å². The molecular weight excluding hydrogens is 228 g/mol. The van der Waals surface area contributed by atoms with Crippen molar-refractivity contribution in [1.82, 2.24) is 10.2 Å². The molecule has 0 atom stereocenters. The molecule has 0 unspecified atom stereocenters. The number of benzene rings is 1. The lowest BCUT2D eigenvalue weighted by molar-refractivity contribution is 0.492. The van der Waals surface area contributed by atoms with Crippen molar-refractivity contribution in [3.05, 3.63) is 24.4 Å². The Kier molecular flexibility index (Phi) is 2.77. The van der Waals surface area contributed by atoms with Crippen LogP contribution in [0.2, 0.25) is 18.1 Å². The summed E-state index contributed by atoms with van der Waals surface area (Å²) < 4.78 is 6.23. The first-order valence-corrected chi connectivity index (χ1v) is 8.83. The molecule has 1 aromatic carbocycles. The molecule has 0 aliphatic heterocycles. The molecule has 0 amide bonds. The zero-order valence-electron chi connectivity index (χ0n) is 11.2. The molecule has 1 N–H and O–H groups in total. The smallest absolute Gasteiger partial charge is 0.250 e. The lowest BCUT2D eigenvalue weighted by Gasteiger charge is -2.36. The van der Waals surface area contributed by atoms with Crippen molar-refractivity contribution < 1.29 is 4.43 Å². The number of aromatic nitrogens is 2. The summed E-state index contributed by atoms with van der Waals surface area (Å²) in [5.74, 6) is 0.938. The van der Waals surface area contributed by atoms with Crippen LogP contribution in [0.5, 0.6) is 5.75 Å². The van der Waals surface area contributed by atoms with Crippen LogP contribution in [0.1, 0.15) is 20.8 Å². The third-order valence-corrected chi connectivity index (χ3v) is 7.95. The molecule has 17 heavy (non-hydrogen) atoms. The first-order valence-electron chi connectivity index (χ1n) is 5.92. The van der Waals surface area contributed by atoms with Crippen LogP contribution >= 0.6 is 0 Å². The van der Waals surface area contributed by atoms with Crippen molar-refractivity contribution in [2.45, 2.75) is 38.9 Å². The third kappa shape index (κ3) is 2.36. The number of hydrogen-bond acceptors (Lipinski definition) is 2. The van der Waals surface area contributed by atoms with Gasteiger partial charge in [0.25, 0.3) is 0 Å². The highest BCUT2D eigenvalue weighted by Crippen LogP contribution is 2.37. The maximum atomic E-state index is 6.23. The molecule has 0 saturated heterocycles. The lowest BCUT2D eigenvalue weighted by Crippen LogP contribution is -2.43. The molecule has 1 aromatic heterocycles. The van der Waals surface area contributed by atoms with E-state index in [2.05, 4.69) is 44.1 Å². The van der Waals surface area contributed by atoms with Gasteiger partial charge in [-0.05, 0) is 30.3 Å². The summed E-state index contributed by atoms with van der Waals surface area (Å²) in [6.45, 7) is 11.2. The van der Waals surface area contributed by atoms with Gasteiger partial charge in [-0.3, -0.25) is 5.10 Å². The number of H-pyrrole nitrogens is 1. The second-order valence-corrected chi connectivity index (χ2v) is 10.7. The predicted molar refractivity (Wildman–Crippen MR) is 73.9 cm³/mol. The summed E-state index contributed by atoms with van der Waals surface area (Å²) in [6.07, 6.45) is 1.82. The highest BCUT2D eigenvalue weighted by Gasteiger charge is 2.38. The van der Waals surface area contributed by atoms with E-state index in [1.54, 1.807) is 0 Å². The Bertz CT molecular complexity index is 525. The maximum absolute atomic E-state index is 6.23. The van der Waals surface area contributed by atoms with Crippen molar-refractivity contribution in [3.63, 3.8) is 0 Å². The molecule has 92 valence electrons. The summed E-state index contributed by atoms with van der Waals surface area (Å²) >= 11 is 0. The second kappa shape index (κ2) is 3.87. The van der Waals surface area contributed by atoms with Gasteiger partial charge in [0, 0.05) is 11.5 Å². The minimum absolute atomic E-state index is 0.218. The van der Waals surface area contributed by atoms with Crippen LogP contribution in [0, 0.1) is 0 Å². The van der Waals surface area contributed by atoms with Gasteiger partial charge in [0.2, 0.25) is 8.32 Å². The Morgan fingerprint density at radius 1 is 1.24 bits per heavy atom. The van der Waals surface area contributed by atoms with Gasteiger partial charge in [0.1, 0.15) is 5.75 Å². The van der Waals surface area contributed by atoms with Crippen LogP contribution in [0.3, 0.4) is 0 Å². The molecule has 2 aromatic rings. The van der Waals surface area contributed by atoms with Gasteiger partial charge >= 0.3 is 0 Å². The highest BCUT2D eigenvalue weighted by atomic mass is 28.4. The molecule has 4 heteroatoms. The summed E-state index contributed by atoms with van der Waals surface area (Å²) in [5, 5.41) is 8.32. The fraction of sp³-hybridized carbons (Fsp3) is 0.462. The Hall–Kier alpha value is -1.29. The molecule has 0 radical (unpaired) electrons. The molecular formula is C13H20N2OSi. The van der Waals surface area contributed by atoms with Gasteiger partial charge in [-0.25, -0.2) is 0 Å². The normalized spacial score (nSPS) is 13.0. The zero-order valence-corrected chi connectivity index (χ0v) is 12.2. The average molecular weight is 248 g/mol. The summed E-state index contributed by atoms with van der Waals surface area (Å²) in [5.41, 5.74) is 1.03. The quantitative estimate of drug-likeness (QED) is 0.817. The van der Waals surface area contributed by atoms with Crippen LogP contribution in [0.25, 0.3) is 10.9 Å². The van der Waals surface area contributed by atoms with Gasteiger partial charge in [-0.1, -0.05) is 20.8 Å². The number of nitrogens with one attached hydrogen (secondary N) is 1. The molecule has 1 heterocycles. The van der Waals surface area contributed by atoms with E-state index in [-0.39, 0.29) is 5.04 Å². The molecule has 0 spiro atoms. The Morgan fingerprint density at radius 3 is 2.59 bits per heavy atom. The van der Waals surface area contributed by atoms with Crippen LogP contribution < -0.4 is 4.43 Å². The van der Waals surface area contributed by atoms with Crippen molar-refractivity contribution in [3.8, 4) is 5.75 Å². The SMILES string of the molecule is CC(C)(C)[Si](C)(C)Oc1ccc2cn[nH]c2c1. The van der Waals surface area contributed by atoms with Crippen LogP contribution in [0.15, 0.2) is 24.4 Å². The lowest BCUT2D eigenvalue weighted by atomic mass is 10.2. The van der Waals surface area contributed by atoms with Gasteiger partial charge in [0.15, 0.2) is 0 Å². The average Bonchev–Trinajstić information content (AvgIpc) is 2.62. The predicted octanol–water partition coefficient (Wildman–Crippen LogP) is 3.95. The monoisotopic (exact) mass is 248 g/mol. The van der Waals surface area contributed by atoms with Gasteiger partial charge in [0.05, 0.1) is 11.7 Å². The molecule has 0 saturated carbocycles. The van der Waals surface area contributed by atoms with Crippen LogP contribution in [-0.2, 0) is 0 Å². The number of nitrogens with zero attached hydrogens (tertiary/aromatic N) is 1. The Balaban J connectivity index is 2.29. The summed E-state index contributed by atoms with van der Waals surface area (Å²) in [6, 6.07) is 6.10. The zero-order chi connectivity index (χ0) is 12.7. The van der Waals surface area contributed by atoms with E-state index in [1.807, 2.05) is 24.4 Å². The van der Waals surface area contributed by atoms with E-state index in [9.17, 15) is 0 Å². The van der Waals surface area contributed by atoms with Gasteiger partial charge in [-0.15, -0.1) is 0 Å². The number of hydrogen-bond donors (Lipinski definition) is 1. The fourth-order valence-electron chi connectivity index (χ4n) is 1.43. The summed E-state index contributed by atoms with van der Waals surface area (Å²) in [4.78, 5) is 0. The number of rotatable bonds is 2. The second-order valence-electron chi connectivity index (χ2n) is 5.98.